The molecular formula is C17H19ClN6O4. The van der Waals surface area contributed by atoms with Crippen LogP contribution in [-0.2, 0) is 6.54 Å². The van der Waals surface area contributed by atoms with Crippen molar-refractivity contribution in [2.45, 2.75) is 12.6 Å². The predicted molar refractivity (Wildman–Crippen MR) is 105 cm³/mol. The lowest BCUT2D eigenvalue weighted by Crippen LogP contribution is -2.29. The molecule has 0 saturated heterocycles. The second-order valence-electron chi connectivity index (χ2n) is 5.99. The molecule has 0 spiro atoms. The highest BCUT2D eigenvalue weighted by molar-refractivity contribution is 6.31. The first kappa shape index (κ1) is 19.8. The number of fused-ring (bicyclic) bond motifs is 2. The summed E-state index contributed by atoms with van der Waals surface area (Å²) in [7, 11) is 0. The third kappa shape index (κ3) is 4.66. The van der Waals surface area contributed by atoms with E-state index >= 15 is 0 Å². The number of aromatic nitrogens is 3. The van der Waals surface area contributed by atoms with Crippen LogP contribution in [0.1, 0.15) is 0 Å². The maximum absolute atomic E-state index is 10.3. The molecule has 3 aromatic rings. The number of hydrogen-bond acceptors (Lipinski definition) is 8. The Bertz CT molecular complexity index is 979. The molecule has 28 heavy (non-hydrogen) atoms. The topological polar surface area (TPSA) is 141 Å². The number of nitro groups is 1. The van der Waals surface area contributed by atoms with Crippen LogP contribution in [0.3, 0.4) is 0 Å². The van der Waals surface area contributed by atoms with Gasteiger partial charge < -0.3 is 31.0 Å². The summed E-state index contributed by atoms with van der Waals surface area (Å²) in [5.41, 5.74) is 7.38. The molecule has 0 bridgehead atoms. The number of nitrogens with one attached hydrogen (secondary N) is 1. The summed E-state index contributed by atoms with van der Waals surface area (Å²) in [6, 6.07) is 7.80. The number of benzene rings is 1. The molecule has 0 aliphatic carbocycles. The molecule has 0 saturated carbocycles. The van der Waals surface area contributed by atoms with Crippen LogP contribution in [-0.4, -0.2) is 50.4 Å². The van der Waals surface area contributed by atoms with E-state index in [0.29, 0.717) is 11.6 Å². The first-order valence-electron chi connectivity index (χ1n) is 8.48. The highest BCUT2D eigenvalue weighted by Gasteiger charge is 2.26. The van der Waals surface area contributed by atoms with Crippen molar-refractivity contribution in [2.75, 3.05) is 25.0 Å². The van der Waals surface area contributed by atoms with Gasteiger partial charge in [-0.25, -0.2) is 0 Å². The van der Waals surface area contributed by atoms with E-state index in [0.717, 1.165) is 23.1 Å². The van der Waals surface area contributed by atoms with Gasteiger partial charge in [-0.2, -0.15) is 0 Å². The van der Waals surface area contributed by atoms with Crippen LogP contribution in [0.5, 0.6) is 6.01 Å². The summed E-state index contributed by atoms with van der Waals surface area (Å²) in [6.45, 7) is 1.78. The number of aliphatic hydroxyl groups is 1. The predicted octanol–water partition coefficient (Wildman–Crippen LogP) is 1.80. The Hall–Kier alpha value is -2.95. The first-order valence-corrected chi connectivity index (χ1v) is 8.86. The van der Waals surface area contributed by atoms with Gasteiger partial charge >= 0.3 is 11.8 Å². The van der Waals surface area contributed by atoms with Gasteiger partial charge in [-0.1, -0.05) is 11.6 Å². The van der Waals surface area contributed by atoms with Crippen molar-refractivity contribution in [1.82, 2.24) is 14.5 Å². The maximum atomic E-state index is 10.3. The third-order valence-electron chi connectivity index (χ3n) is 3.89. The Kier molecular flexibility index (Phi) is 6.24. The van der Waals surface area contributed by atoms with Crippen molar-refractivity contribution in [3.05, 3.63) is 51.8 Å². The van der Waals surface area contributed by atoms with Gasteiger partial charge in [0.1, 0.15) is 18.9 Å². The van der Waals surface area contributed by atoms with Gasteiger partial charge in [-0.15, -0.1) is 0 Å². The molecular weight excluding hydrogens is 388 g/mol. The zero-order valence-electron chi connectivity index (χ0n) is 14.8. The van der Waals surface area contributed by atoms with Crippen molar-refractivity contribution in [2.24, 2.45) is 5.73 Å². The fourth-order valence-electron chi connectivity index (χ4n) is 2.65. The molecule has 4 N–H and O–H groups in total. The molecule has 1 aliphatic rings. The van der Waals surface area contributed by atoms with Gasteiger partial charge in [0.05, 0.1) is 12.1 Å². The Morgan fingerprint density at radius 1 is 1.46 bits per heavy atom. The zero-order chi connectivity index (χ0) is 20.1. The number of anilines is 1. The van der Waals surface area contributed by atoms with Crippen LogP contribution in [0.4, 0.5) is 11.5 Å². The fourth-order valence-corrected chi connectivity index (χ4v) is 2.82. The minimum absolute atomic E-state index is 0.133. The molecule has 11 heteroatoms. The highest BCUT2D eigenvalue weighted by atomic mass is 35.5. The van der Waals surface area contributed by atoms with Crippen LogP contribution in [0.15, 0.2) is 36.7 Å². The van der Waals surface area contributed by atoms with E-state index in [1.165, 1.54) is 10.8 Å². The number of ether oxygens (including phenoxy) is 1. The van der Waals surface area contributed by atoms with E-state index < -0.39 is 11.0 Å². The van der Waals surface area contributed by atoms with Gasteiger partial charge in [0, 0.05) is 40.4 Å². The van der Waals surface area contributed by atoms with Gasteiger partial charge in [0.2, 0.25) is 0 Å². The number of nitrogens with zero attached hydrogens (tertiary/aromatic N) is 4. The number of pyridine rings is 1. The monoisotopic (exact) mass is 406 g/mol. The molecule has 10 nitrogen and oxygen atoms in total. The van der Waals surface area contributed by atoms with Gasteiger partial charge in [-0.05, 0) is 29.2 Å². The largest absolute Gasteiger partial charge is 0.443 e. The molecule has 0 radical (unpaired) electrons. The van der Waals surface area contributed by atoms with E-state index in [1.54, 1.807) is 6.20 Å². The highest BCUT2D eigenvalue weighted by Crippen LogP contribution is 2.24. The maximum Gasteiger partial charge on any atom is 0.414 e. The standard InChI is InChI=1S/C11H12ClN3.C6H7N3O4/c12-8-1-2-9-10(15-6-4-13)3-5-14-11(9)7-8;10-4-1-8-2-5(9(11)12)7-6(8)13-3-4/h1-3,5,7H,4,6,13H2,(H,14,15);2,4,10H,1,3H2. The van der Waals surface area contributed by atoms with Crippen molar-refractivity contribution in [3.63, 3.8) is 0 Å². The smallest absolute Gasteiger partial charge is 0.414 e. The average molecular weight is 407 g/mol. The van der Waals surface area contributed by atoms with Crippen LogP contribution in [0, 0.1) is 10.1 Å². The van der Waals surface area contributed by atoms with E-state index in [-0.39, 0.29) is 25.0 Å². The molecule has 1 unspecified atom stereocenters. The summed E-state index contributed by atoms with van der Waals surface area (Å²) in [4.78, 5) is 17.6. The number of aliphatic hydroxyl groups excluding tert-OH is 1. The van der Waals surface area contributed by atoms with Crippen LogP contribution < -0.4 is 15.8 Å². The summed E-state index contributed by atoms with van der Waals surface area (Å²) >= 11 is 5.89. The summed E-state index contributed by atoms with van der Waals surface area (Å²) < 4.78 is 6.39. The number of nitrogens with two attached hydrogens (primary N) is 1. The number of hydrogen-bond donors (Lipinski definition) is 3. The Morgan fingerprint density at radius 2 is 2.29 bits per heavy atom. The molecule has 1 atom stereocenters. The van der Waals surface area contributed by atoms with E-state index in [2.05, 4.69) is 15.3 Å². The van der Waals surface area contributed by atoms with E-state index in [1.807, 2.05) is 24.3 Å². The molecule has 1 aromatic carbocycles. The molecule has 0 amide bonds. The minimum Gasteiger partial charge on any atom is -0.443 e. The quantitative estimate of drug-likeness (QED) is 0.440. The molecule has 2 aromatic heterocycles. The zero-order valence-corrected chi connectivity index (χ0v) is 15.5. The molecule has 1 aliphatic heterocycles. The van der Waals surface area contributed by atoms with Crippen molar-refractivity contribution < 1.29 is 14.8 Å². The van der Waals surface area contributed by atoms with Crippen LogP contribution in [0.2, 0.25) is 5.02 Å². The lowest BCUT2D eigenvalue weighted by atomic mass is 10.2. The van der Waals surface area contributed by atoms with Crippen molar-refractivity contribution in [3.8, 4) is 6.01 Å². The Balaban J connectivity index is 0.000000162. The fraction of sp³-hybridized carbons (Fsp3) is 0.294. The summed E-state index contributed by atoms with van der Waals surface area (Å²) in [6.07, 6.45) is 2.39. The molecule has 0 fully saturated rings. The van der Waals surface area contributed by atoms with Gasteiger partial charge in [-0.3, -0.25) is 9.55 Å². The van der Waals surface area contributed by atoms with Gasteiger partial charge in [0.15, 0.2) is 0 Å². The summed E-state index contributed by atoms with van der Waals surface area (Å²) in [5, 5.41) is 24.5. The molecule has 148 valence electrons. The van der Waals surface area contributed by atoms with Gasteiger partial charge in [0.25, 0.3) is 0 Å². The van der Waals surface area contributed by atoms with E-state index in [4.69, 9.17) is 27.2 Å². The second-order valence-corrected chi connectivity index (χ2v) is 6.43. The number of rotatable bonds is 4. The van der Waals surface area contributed by atoms with Crippen LogP contribution >= 0.6 is 11.6 Å². The van der Waals surface area contributed by atoms with E-state index in [9.17, 15) is 10.1 Å². The second kappa shape index (κ2) is 8.83. The van der Waals surface area contributed by atoms with Crippen molar-refractivity contribution in [1.29, 1.82) is 0 Å². The Labute approximate surface area is 165 Å². The number of halogens is 1. The first-order chi connectivity index (χ1) is 13.5. The Morgan fingerprint density at radius 3 is 3.04 bits per heavy atom. The van der Waals surface area contributed by atoms with Crippen LogP contribution in [0.25, 0.3) is 10.9 Å². The normalized spacial score (nSPS) is 15.2. The lowest BCUT2D eigenvalue weighted by molar-refractivity contribution is -0.389. The SMILES string of the molecule is NCCNc1ccnc2cc(Cl)ccc12.O=[N+]([O-])c1cn2c(n1)OCC(O)C2. The molecule has 4 rings (SSSR count). The number of imidazole rings is 1. The van der Waals surface area contributed by atoms with Crippen molar-refractivity contribution >= 4 is 34.0 Å². The summed E-state index contributed by atoms with van der Waals surface area (Å²) in [5.74, 6) is -0.260. The third-order valence-corrected chi connectivity index (χ3v) is 4.13. The minimum atomic E-state index is -0.624. The average Bonchev–Trinajstić information content (AvgIpc) is 3.10. The molecule has 3 heterocycles. The lowest BCUT2D eigenvalue weighted by Gasteiger charge is -2.16.